The van der Waals surface area contributed by atoms with E-state index in [0.717, 1.165) is 11.1 Å². The molecule has 0 spiro atoms. The van der Waals surface area contributed by atoms with E-state index >= 15 is 0 Å². The lowest BCUT2D eigenvalue weighted by atomic mass is 9.94. The molecule has 0 aliphatic carbocycles. The first-order chi connectivity index (χ1) is 15.2. The molecule has 1 N–H and O–H groups in total. The van der Waals surface area contributed by atoms with Crippen LogP contribution in [0.2, 0.25) is 5.02 Å². The van der Waals surface area contributed by atoms with Gasteiger partial charge in [-0.3, -0.25) is 9.10 Å². The highest BCUT2D eigenvalue weighted by Gasteiger charge is 2.36. The number of aryl methyl sites for hydroxylation is 2. The Balaban J connectivity index is 1.63. The molecule has 32 heavy (non-hydrogen) atoms. The second-order valence-corrected chi connectivity index (χ2v) is 10.1. The summed E-state index contributed by atoms with van der Waals surface area (Å²) >= 11 is 6.20. The third-order valence-corrected chi connectivity index (χ3v) is 7.91. The number of aliphatic carboxylic acids is 1. The maximum Gasteiger partial charge on any atom is 0.308 e. The van der Waals surface area contributed by atoms with Gasteiger partial charge in [0.1, 0.15) is 11.5 Å². The van der Waals surface area contributed by atoms with Crippen molar-refractivity contribution in [3.8, 4) is 11.5 Å². The highest BCUT2D eigenvalue weighted by Crippen LogP contribution is 2.35. The van der Waals surface area contributed by atoms with E-state index in [1.165, 1.54) is 16.4 Å². The third-order valence-electron chi connectivity index (χ3n) is 5.52. The standard InChI is InChI=1S/C24H22ClNO5S/c1-15-11-20(12-16(2)23(15)25)31-19-7-9-21(10-8-19)32(29,30)26-14-18(24(27)28)13-17-5-3-4-6-22(17)26/h3-12,18H,13-14H2,1-2H3,(H,27,28). The summed E-state index contributed by atoms with van der Waals surface area (Å²) in [5.41, 5.74) is 2.98. The number of carboxylic acid groups (broad SMARTS) is 1. The summed E-state index contributed by atoms with van der Waals surface area (Å²) in [5.74, 6) is -0.738. The Bertz CT molecular complexity index is 1260. The number of para-hydroxylation sites is 1. The van der Waals surface area contributed by atoms with E-state index in [4.69, 9.17) is 16.3 Å². The van der Waals surface area contributed by atoms with Crippen molar-refractivity contribution in [2.75, 3.05) is 10.8 Å². The number of fused-ring (bicyclic) bond motifs is 1. The molecule has 3 aromatic carbocycles. The molecule has 1 aliphatic heterocycles. The molecule has 1 aliphatic rings. The Morgan fingerprint density at radius 2 is 1.66 bits per heavy atom. The number of sulfonamides is 1. The molecule has 4 rings (SSSR count). The largest absolute Gasteiger partial charge is 0.481 e. The molecular formula is C24H22ClNO5S. The summed E-state index contributed by atoms with van der Waals surface area (Å²) in [6.07, 6.45) is 0.296. The molecule has 8 heteroatoms. The number of rotatable bonds is 5. The molecule has 3 aromatic rings. The van der Waals surface area contributed by atoms with Gasteiger partial charge in [-0.2, -0.15) is 0 Å². The summed E-state index contributed by atoms with van der Waals surface area (Å²) in [6, 6.07) is 16.7. The number of anilines is 1. The number of hydrogen-bond acceptors (Lipinski definition) is 4. The smallest absolute Gasteiger partial charge is 0.308 e. The number of nitrogens with zero attached hydrogens (tertiary/aromatic N) is 1. The van der Waals surface area contributed by atoms with Crippen molar-refractivity contribution in [3.05, 3.63) is 82.4 Å². The zero-order chi connectivity index (χ0) is 23.0. The SMILES string of the molecule is Cc1cc(Oc2ccc(S(=O)(=O)N3CC(C(=O)O)Cc4ccccc43)cc2)cc(C)c1Cl. The van der Waals surface area contributed by atoms with E-state index in [-0.39, 0.29) is 11.4 Å². The van der Waals surface area contributed by atoms with E-state index in [0.29, 0.717) is 34.2 Å². The monoisotopic (exact) mass is 471 g/mol. The van der Waals surface area contributed by atoms with Crippen molar-refractivity contribution in [2.24, 2.45) is 5.92 Å². The molecule has 1 heterocycles. The van der Waals surface area contributed by atoms with Crippen molar-refractivity contribution in [1.29, 1.82) is 0 Å². The molecule has 0 bridgehead atoms. The van der Waals surface area contributed by atoms with E-state index in [9.17, 15) is 18.3 Å². The van der Waals surface area contributed by atoms with Crippen molar-refractivity contribution in [1.82, 2.24) is 0 Å². The van der Waals surface area contributed by atoms with Crippen LogP contribution < -0.4 is 9.04 Å². The average Bonchev–Trinajstić information content (AvgIpc) is 2.77. The molecule has 1 atom stereocenters. The highest BCUT2D eigenvalue weighted by molar-refractivity contribution is 7.92. The minimum Gasteiger partial charge on any atom is -0.481 e. The molecular weight excluding hydrogens is 450 g/mol. The fraction of sp³-hybridized carbons (Fsp3) is 0.208. The fourth-order valence-electron chi connectivity index (χ4n) is 3.86. The first kappa shape index (κ1) is 22.2. The lowest BCUT2D eigenvalue weighted by molar-refractivity contribution is -0.141. The van der Waals surface area contributed by atoms with Crippen LogP contribution in [0.5, 0.6) is 11.5 Å². The van der Waals surface area contributed by atoms with Crippen molar-refractivity contribution < 1.29 is 23.1 Å². The second-order valence-electron chi connectivity index (χ2n) is 7.85. The van der Waals surface area contributed by atoms with Gasteiger partial charge in [-0.05, 0) is 79.4 Å². The van der Waals surface area contributed by atoms with Gasteiger partial charge in [0, 0.05) is 11.6 Å². The Hall–Kier alpha value is -3.03. The molecule has 6 nitrogen and oxygen atoms in total. The minimum absolute atomic E-state index is 0.0640. The lowest BCUT2D eigenvalue weighted by Gasteiger charge is -2.33. The number of benzene rings is 3. The normalized spacial score (nSPS) is 15.8. The molecule has 0 saturated heterocycles. The summed E-state index contributed by atoms with van der Waals surface area (Å²) in [6.45, 7) is 3.66. The molecule has 1 unspecified atom stereocenters. The van der Waals surface area contributed by atoms with Crippen LogP contribution in [-0.2, 0) is 21.2 Å². The number of carbonyl (C=O) groups is 1. The van der Waals surface area contributed by atoms with Gasteiger partial charge in [0.15, 0.2) is 0 Å². The molecule has 0 amide bonds. The predicted molar refractivity (Wildman–Crippen MR) is 123 cm³/mol. The number of carboxylic acids is 1. The van der Waals surface area contributed by atoms with Crippen LogP contribution in [0.3, 0.4) is 0 Å². The predicted octanol–water partition coefficient (Wildman–Crippen LogP) is 5.20. The van der Waals surface area contributed by atoms with E-state index in [1.807, 2.05) is 26.0 Å². The third kappa shape index (κ3) is 4.18. The van der Waals surface area contributed by atoms with Gasteiger partial charge < -0.3 is 9.84 Å². The summed E-state index contributed by atoms with van der Waals surface area (Å²) in [4.78, 5) is 11.7. The van der Waals surface area contributed by atoms with E-state index in [2.05, 4.69) is 0 Å². The van der Waals surface area contributed by atoms with Gasteiger partial charge in [0.2, 0.25) is 0 Å². The lowest BCUT2D eigenvalue weighted by Crippen LogP contribution is -2.42. The topological polar surface area (TPSA) is 83.9 Å². The maximum absolute atomic E-state index is 13.4. The number of ether oxygens (including phenoxy) is 1. The second kappa shape index (κ2) is 8.48. The molecule has 0 aromatic heterocycles. The summed E-state index contributed by atoms with van der Waals surface area (Å²) < 4.78 is 33.8. The zero-order valence-electron chi connectivity index (χ0n) is 17.6. The first-order valence-electron chi connectivity index (χ1n) is 10.0. The molecule has 166 valence electrons. The number of hydrogen-bond donors (Lipinski definition) is 1. The van der Waals surface area contributed by atoms with Crippen LogP contribution in [0.15, 0.2) is 65.6 Å². The minimum atomic E-state index is -3.95. The van der Waals surface area contributed by atoms with Crippen LogP contribution in [0.1, 0.15) is 16.7 Å². The van der Waals surface area contributed by atoms with Crippen molar-refractivity contribution in [3.63, 3.8) is 0 Å². The van der Waals surface area contributed by atoms with Gasteiger partial charge in [-0.25, -0.2) is 8.42 Å². The van der Waals surface area contributed by atoms with Crippen molar-refractivity contribution >= 4 is 33.3 Å². The van der Waals surface area contributed by atoms with Crippen LogP contribution in [0, 0.1) is 19.8 Å². The zero-order valence-corrected chi connectivity index (χ0v) is 19.2. The molecule has 0 radical (unpaired) electrons. The molecule has 0 saturated carbocycles. The van der Waals surface area contributed by atoms with Gasteiger partial charge in [-0.1, -0.05) is 29.8 Å². The van der Waals surface area contributed by atoms with Crippen LogP contribution >= 0.6 is 11.6 Å². The van der Waals surface area contributed by atoms with Gasteiger partial charge in [-0.15, -0.1) is 0 Å². The first-order valence-corrected chi connectivity index (χ1v) is 11.9. The maximum atomic E-state index is 13.4. The fourth-order valence-corrected chi connectivity index (χ4v) is 5.51. The highest BCUT2D eigenvalue weighted by atomic mass is 35.5. The van der Waals surface area contributed by atoms with E-state index < -0.39 is 21.9 Å². The van der Waals surface area contributed by atoms with Crippen molar-refractivity contribution in [2.45, 2.75) is 25.2 Å². The van der Waals surface area contributed by atoms with Gasteiger partial charge in [0.05, 0.1) is 16.5 Å². The van der Waals surface area contributed by atoms with Crippen LogP contribution in [0.25, 0.3) is 0 Å². The Morgan fingerprint density at radius 3 is 2.28 bits per heavy atom. The van der Waals surface area contributed by atoms with E-state index in [1.54, 1.807) is 36.4 Å². The Morgan fingerprint density at radius 1 is 1.03 bits per heavy atom. The van der Waals surface area contributed by atoms with Crippen LogP contribution in [0.4, 0.5) is 5.69 Å². The number of halogens is 1. The summed E-state index contributed by atoms with van der Waals surface area (Å²) in [5, 5.41) is 10.2. The Kier molecular flexibility index (Phi) is 5.88. The quantitative estimate of drug-likeness (QED) is 0.552. The van der Waals surface area contributed by atoms with Crippen LogP contribution in [-0.4, -0.2) is 26.0 Å². The average molecular weight is 472 g/mol. The Labute approximate surface area is 192 Å². The van der Waals surface area contributed by atoms with Gasteiger partial charge in [0.25, 0.3) is 10.0 Å². The summed E-state index contributed by atoms with van der Waals surface area (Å²) in [7, 11) is -3.95. The molecule has 0 fully saturated rings. The van der Waals surface area contributed by atoms with Gasteiger partial charge >= 0.3 is 5.97 Å².